The van der Waals surface area contributed by atoms with E-state index in [1.165, 1.54) is 6.07 Å². The second-order valence-corrected chi connectivity index (χ2v) is 8.84. The molecule has 2 atom stereocenters. The third kappa shape index (κ3) is 4.10. The first-order chi connectivity index (χ1) is 11.1. The largest absolute Gasteiger partial charge is 0.416 e. The molecular weight excluding hydrogens is 341 g/mol. The van der Waals surface area contributed by atoms with E-state index in [2.05, 4.69) is 10.6 Å². The number of hydrogen-bond donors (Lipinski definition) is 2. The number of rotatable bonds is 4. The van der Waals surface area contributed by atoms with Gasteiger partial charge in [-0.25, -0.2) is 8.42 Å². The molecule has 2 bridgehead atoms. The molecule has 24 heavy (non-hydrogen) atoms. The van der Waals surface area contributed by atoms with Gasteiger partial charge in [0.15, 0.2) is 9.84 Å². The lowest BCUT2D eigenvalue weighted by Gasteiger charge is -2.30. The van der Waals surface area contributed by atoms with Crippen molar-refractivity contribution < 1.29 is 21.6 Å². The summed E-state index contributed by atoms with van der Waals surface area (Å²) in [6.45, 7) is 0.233. The Morgan fingerprint density at radius 3 is 2.33 bits per heavy atom. The fraction of sp³-hybridized carbons (Fsp3) is 0.625. The Bertz CT molecular complexity index is 707. The molecule has 2 unspecified atom stereocenters. The standard InChI is InChI=1S/C16H21F3N2O2S/c1-24(22,23)15-5-10(4-11(6-15)16(17,18)19)9-20-14-7-12-2-3-13(8-14)21-12/h4-6,12-14,20-21H,2-3,7-9H2,1H3. The van der Waals surface area contributed by atoms with Crippen LogP contribution in [0.2, 0.25) is 0 Å². The molecule has 2 N–H and O–H groups in total. The lowest BCUT2D eigenvalue weighted by molar-refractivity contribution is -0.137. The minimum absolute atomic E-state index is 0.233. The van der Waals surface area contributed by atoms with Gasteiger partial charge in [0, 0.05) is 30.9 Å². The highest BCUT2D eigenvalue weighted by molar-refractivity contribution is 7.90. The first-order valence-electron chi connectivity index (χ1n) is 8.02. The van der Waals surface area contributed by atoms with E-state index in [0.29, 0.717) is 23.7 Å². The van der Waals surface area contributed by atoms with E-state index in [1.54, 1.807) is 0 Å². The molecule has 8 heteroatoms. The van der Waals surface area contributed by atoms with Gasteiger partial charge in [-0.3, -0.25) is 0 Å². The van der Waals surface area contributed by atoms with E-state index in [4.69, 9.17) is 0 Å². The van der Waals surface area contributed by atoms with Gasteiger partial charge in [-0.05, 0) is 49.4 Å². The quantitative estimate of drug-likeness (QED) is 0.864. The number of hydrogen-bond acceptors (Lipinski definition) is 4. The predicted octanol–water partition coefficient (Wildman–Crippen LogP) is 2.48. The molecule has 2 aliphatic rings. The predicted molar refractivity (Wildman–Crippen MR) is 84.4 cm³/mol. The second kappa shape index (κ2) is 6.31. The topological polar surface area (TPSA) is 58.2 Å². The van der Waals surface area contributed by atoms with Crippen LogP contribution in [0.15, 0.2) is 23.1 Å². The molecule has 0 aliphatic carbocycles. The van der Waals surface area contributed by atoms with Gasteiger partial charge >= 0.3 is 6.18 Å². The van der Waals surface area contributed by atoms with Crippen molar-refractivity contribution in [1.29, 1.82) is 0 Å². The molecule has 0 amide bonds. The highest BCUT2D eigenvalue weighted by Gasteiger charge is 2.34. The van der Waals surface area contributed by atoms with E-state index in [0.717, 1.165) is 38.0 Å². The maximum Gasteiger partial charge on any atom is 0.416 e. The van der Waals surface area contributed by atoms with E-state index < -0.39 is 21.6 Å². The Morgan fingerprint density at radius 1 is 1.17 bits per heavy atom. The Balaban J connectivity index is 1.77. The van der Waals surface area contributed by atoms with E-state index >= 15 is 0 Å². The molecule has 2 heterocycles. The molecule has 2 aliphatic heterocycles. The molecule has 134 valence electrons. The van der Waals surface area contributed by atoms with Crippen molar-refractivity contribution in [2.24, 2.45) is 0 Å². The van der Waals surface area contributed by atoms with Gasteiger partial charge < -0.3 is 10.6 Å². The Morgan fingerprint density at radius 2 is 1.79 bits per heavy atom. The molecular formula is C16H21F3N2O2S. The molecule has 0 saturated carbocycles. The molecule has 1 aromatic carbocycles. The monoisotopic (exact) mass is 362 g/mol. The van der Waals surface area contributed by atoms with Crippen molar-refractivity contribution in [2.45, 2.75) is 61.4 Å². The lowest BCUT2D eigenvalue weighted by Crippen LogP contribution is -2.46. The normalized spacial score (nSPS) is 27.4. The van der Waals surface area contributed by atoms with Crippen LogP contribution in [-0.4, -0.2) is 32.8 Å². The van der Waals surface area contributed by atoms with Crippen LogP contribution in [0.1, 0.15) is 36.8 Å². The third-order valence-corrected chi connectivity index (χ3v) is 5.88. The zero-order chi connectivity index (χ0) is 17.5. The van der Waals surface area contributed by atoms with Crippen LogP contribution in [0.4, 0.5) is 13.2 Å². The van der Waals surface area contributed by atoms with Gasteiger partial charge in [0.2, 0.25) is 0 Å². The number of piperidine rings is 1. The number of benzene rings is 1. The minimum Gasteiger partial charge on any atom is -0.311 e. The van der Waals surface area contributed by atoms with Crippen molar-refractivity contribution in [1.82, 2.24) is 10.6 Å². The second-order valence-electron chi connectivity index (χ2n) is 6.82. The van der Waals surface area contributed by atoms with Gasteiger partial charge in [0.05, 0.1) is 10.5 Å². The summed E-state index contributed by atoms with van der Waals surface area (Å²) in [6, 6.07) is 4.26. The SMILES string of the molecule is CS(=O)(=O)c1cc(CNC2CC3CCC(C2)N3)cc(C(F)(F)F)c1. The fourth-order valence-electron chi connectivity index (χ4n) is 3.63. The average Bonchev–Trinajstić information content (AvgIpc) is 2.82. The number of sulfone groups is 1. The molecule has 0 radical (unpaired) electrons. The molecule has 4 nitrogen and oxygen atoms in total. The van der Waals surface area contributed by atoms with Crippen molar-refractivity contribution in [3.63, 3.8) is 0 Å². The van der Waals surface area contributed by atoms with Crippen LogP contribution in [-0.2, 0) is 22.6 Å². The van der Waals surface area contributed by atoms with Gasteiger partial charge in [-0.1, -0.05) is 0 Å². The third-order valence-electron chi connectivity index (χ3n) is 4.79. The molecule has 2 saturated heterocycles. The van der Waals surface area contributed by atoms with Crippen LogP contribution >= 0.6 is 0 Å². The van der Waals surface area contributed by atoms with Crippen molar-refractivity contribution in [3.05, 3.63) is 29.3 Å². The summed E-state index contributed by atoms with van der Waals surface area (Å²) in [6.07, 6.45) is 0.547. The van der Waals surface area contributed by atoms with Crippen molar-refractivity contribution in [3.8, 4) is 0 Å². The summed E-state index contributed by atoms with van der Waals surface area (Å²) < 4.78 is 62.4. The van der Waals surface area contributed by atoms with E-state index in [9.17, 15) is 21.6 Å². The molecule has 0 spiro atoms. The maximum atomic E-state index is 13.0. The summed E-state index contributed by atoms with van der Waals surface area (Å²) in [5.41, 5.74) is -0.580. The first kappa shape index (κ1) is 17.7. The van der Waals surface area contributed by atoms with Crippen molar-refractivity contribution in [2.75, 3.05) is 6.26 Å². The number of fused-ring (bicyclic) bond motifs is 2. The Labute approximate surface area is 139 Å². The number of alkyl halides is 3. The fourth-order valence-corrected chi connectivity index (χ4v) is 4.33. The number of halogens is 3. The van der Waals surface area contributed by atoms with Crippen LogP contribution < -0.4 is 10.6 Å². The summed E-state index contributed by atoms with van der Waals surface area (Å²) in [5, 5.41) is 6.80. The van der Waals surface area contributed by atoms with Gasteiger partial charge in [-0.2, -0.15) is 13.2 Å². The number of nitrogens with one attached hydrogen (secondary N) is 2. The maximum absolute atomic E-state index is 13.0. The highest BCUT2D eigenvalue weighted by atomic mass is 32.2. The molecule has 1 aromatic rings. The van der Waals surface area contributed by atoms with Gasteiger partial charge in [0.25, 0.3) is 0 Å². The van der Waals surface area contributed by atoms with Gasteiger partial charge in [0.1, 0.15) is 0 Å². The molecule has 2 fully saturated rings. The summed E-state index contributed by atoms with van der Waals surface area (Å²) in [5.74, 6) is 0. The van der Waals surface area contributed by atoms with Crippen LogP contribution in [0.25, 0.3) is 0 Å². The average molecular weight is 362 g/mol. The zero-order valence-electron chi connectivity index (χ0n) is 13.4. The smallest absolute Gasteiger partial charge is 0.311 e. The van der Waals surface area contributed by atoms with Gasteiger partial charge in [-0.15, -0.1) is 0 Å². The summed E-state index contributed by atoms with van der Waals surface area (Å²) >= 11 is 0. The summed E-state index contributed by atoms with van der Waals surface area (Å²) in [4.78, 5) is -0.292. The van der Waals surface area contributed by atoms with E-state index in [-0.39, 0.29) is 17.5 Å². The van der Waals surface area contributed by atoms with Crippen LogP contribution in [0.3, 0.4) is 0 Å². The minimum atomic E-state index is -4.57. The Kier molecular flexibility index (Phi) is 4.65. The summed E-state index contributed by atoms with van der Waals surface area (Å²) in [7, 11) is -3.70. The van der Waals surface area contributed by atoms with Crippen LogP contribution in [0.5, 0.6) is 0 Å². The highest BCUT2D eigenvalue weighted by Crippen LogP contribution is 2.32. The zero-order valence-corrected chi connectivity index (χ0v) is 14.2. The lowest BCUT2D eigenvalue weighted by atomic mass is 9.99. The van der Waals surface area contributed by atoms with Crippen LogP contribution in [0, 0.1) is 0 Å². The molecule has 0 aromatic heterocycles. The van der Waals surface area contributed by atoms with Crippen molar-refractivity contribution >= 4 is 9.84 Å². The Hall–Kier alpha value is -1.12. The first-order valence-corrected chi connectivity index (χ1v) is 9.91. The molecule has 3 rings (SSSR count). The van der Waals surface area contributed by atoms with E-state index in [1.807, 2.05) is 0 Å².